The van der Waals surface area contributed by atoms with Crippen molar-refractivity contribution in [2.24, 2.45) is 5.92 Å². The van der Waals surface area contributed by atoms with Gasteiger partial charge in [-0.1, -0.05) is 13.8 Å². The molecular formula is C22H24N6O. The molecule has 0 aliphatic carbocycles. The summed E-state index contributed by atoms with van der Waals surface area (Å²) in [5, 5.41) is 17.4. The van der Waals surface area contributed by atoms with Crippen LogP contribution in [0.25, 0.3) is 16.6 Å². The first-order valence-electron chi connectivity index (χ1n) is 10.1. The Labute approximate surface area is 169 Å². The summed E-state index contributed by atoms with van der Waals surface area (Å²) < 4.78 is 7.66. The monoisotopic (exact) mass is 388 g/mol. The van der Waals surface area contributed by atoms with Crippen LogP contribution in [0.5, 0.6) is 5.75 Å². The second kappa shape index (κ2) is 7.05. The molecule has 3 aromatic heterocycles. The highest BCUT2D eigenvalue weighted by molar-refractivity contribution is 5.85. The molecule has 29 heavy (non-hydrogen) atoms. The van der Waals surface area contributed by atoms with Crippen LogP contribution in [0.1, 0.15) is 25.8 Å². The topological polar surface area (TPSA) is 78.5 Å². The van der Waals surface area contributed by atoms with Gasteiger partial charge in [-0.25, -0.2) is 9.50 Å². The number of nitrogens with one attached hydrogen (secondary N) is 1. The third-order valence-electron chi connectivity index (χ3n) is 5.60. The van der Waals surface area contributed by atoms with Gasteiger partial charge in [-0.3, -0.25) is 0 Å². The Hall–Kier alpha value is -3.11. The molecule has 6 heterocycles. The molecule has 7 heteroatoms. The Morgan fingerprint density at radius 2 is 2.07 bits per heavy atom. The molecule has 3 aromatic rings. The van der Waals surface area contributed by atoms with Crippen LogP contribution in [-0.2, 0) is 0 Å². The summed E-state index contributed by atoms with van der Waals surface area (Å²) in [5.41, 5.74) is 3.18. The highest BCUT2D eigenvalue weighted by atomic mass is 16.5. The van der Waals surface area contributed by atoms with E-state index in [1.165, 1.54) is 6.42 Å². The third-order valence-corrected chi connectivity index (χ3v) is 5.60. The SMILES string of the molecule is CC(C)COc1cc(-c2ccc(N3CC4CC(C3)N4)nc2)c2c(C#N)cnn2c1. The molecule has 2 bridgehead atoms. The third kappa shape index (κ3) is 3.30. The lowest BCUT2D eigenvalue weighted by Crippen LogP contribution is -2.67. The van der Waals surface area contributed by atoms with E-state index in [4.69, 9.17) is 9.72 Å². The van der Waals surface area contributed by atoms with Crippen LogP contribution in [0.2, 0.25) is 0 Å². The van der Waals surface area contributed by atoms with Gasteiger partial charge in [0.15, 0.2) is 0 Å². The first kappa shape index (κ1) is 18.0. The Balaban J connectivity index is 1.50. The molecule has 0 amide bonds. The second-order valence-corrected chi connectivity index (χ2v) is 8.36. The van der Waals surface area contributed by atoms with E-state index in [0.29, 0.717) is 30.2 Å². The molecule has 1 N–H and O–H groups in total. The minimum atomic E-state index is 0.424. The van der Waals surface area contributed by atoms with E-state index in [-0.39, 0.29) is 0 Å². The number of fused-ring (bicyclic) bond motifs is 3. The number of piperidine rings is 1. The Morgan fingerprint density at radius 1 is 1.28 bits per heavy atom. The lowest BCUT2D eigenvalue weighted by Gasteiger charge is -2.48. The Bertz CT molecular complexity index is 1070. The smallest absolute Gasteiger partial charge is 0.138 e. The van der Waals surface area contributed by atoms with Gasteiger partial charge in [0.2, 0.25) is 0 Å². The number of rotatable bonds is 5. The van der Waals surface area contributed by atoms with Crippen LogP contribution in [-0.4, -0.2) is 46.4 Å². The molecule has 148 valence electrons. The summed E-state index contributed by atoms with van der Waals surface area (Å²) >= 11 is 0. The van der Waals surface area contributed by atoms with E-state index in [2.05, 4.69) is 47.4 Å². The molecule has 3 aliphatic rings. The fourth-order valence-electron chi connectivity index (χ4n) is 4.17. The quantitative estimate of drug-likeness (QED) is 0.724. The van der Waals surface area contributed by atoms with Crippen molar-refractivity contribution in [3.63, 3.8) is 0 Å². The van der Waals surface area contributed by atoms with Gasteiger partial charge in [-0.15, -0.1) is 0 Å². The van der Waals surface area contributed by atoms with Crippen molar-refractivity contribution in [3.05, 3.63) is 42.4 Å². The minimum Gasteiger partial charge on any atom is -0.492 e. The molecule has 7 nitrogen and oxygen atoms in total. The maximum absolute atomic E-state index is 9.52. The number of pyridine rings is 2. The minimum absolute atomic E-state index is 0.424. The van der Waals surface area contributed by atoms with Crippen LogP contribution >= 0.6 is 0 Å². The van der Waals surface area contributed by atoms with Gasteiger partial charge in [0.05, 0.1) is 30.1 Å². The number of ether oxygens (including phenoxy) is 1. The average molecular weight is 388 g/mol. The van der Waals surface area contributed by atoms with Gasteiger partial charge >= 0.3 is 0 Å². The zero-order valence-electron chi connectivity index (χ0n) is 16.7. The lowest BCUT2D eigenvalue weighted by molar-refractivity contribution is 0.225. The molecule has 2 unspecified atom stereocenters. The van der Waals surface area contributed by atoms with E-state index < -0.39 is 0 Å². The molecular weight excluding hydrogens is 364 g/mol. The van der Waals surface area contributed by atoms with E-state index in [1.54, 1.807) is 10.7 Å². The molecule has 0 spiro atoms. The second-order valence-electron chi connectivity index (χ2n) is 8.36. The van der Waals surface area contributed by atoms with Gasteiger partial charge < -0.3 is 15.0 Å². The molecule has 0 radical (unpaired) electrons. The lowest BCUT2D eigenvalue weighted by atomic mass is 9.91. The fraction of sp³-hybridized carbons (Fsp3) is 0.409. The first-order valence-corrected chi connectivity index (χ1v) is 10.1. The van der Waals surface area contributed by atoms with Gasteiger partial charge in [-0.2, -0.15) is 10.4 Å². The Morgan fingerprint density at radius 3 is 2.72 bits per heavy atom. The van der Waals surface area contributed by atoms with E-state index in [9.17, 15) is 5.26 Å². The highest BCUT2D eigenvalue weighted by Crippen LogP contribution is 2.32. The maximum atomic E-state index is 9.52. The van der Waals surface area contributed by atoms with Crippen LogP contribution < -0.4 is 15.0 Å². The van der Waals surface area contributed by atoms with Crippen molar-refractivity contribution >= 4 is 11.3 Å². The van der Waals surface area contributed by atoms with Crippen LogP contribution in [0.4, 0.5) is 5.82 Å². The first-order chi connectivity index (χ1) is 14.1. The predicted molar refractivity (Wildman–Crippen MR) is 111 cm³/mol. The van der Waals surface area contributed by atoms with E-state index >= 15 is 0 Å². The molecule has 3 aliphatic heterocycles. The standard InChI is InChI=1S/C22H24N6O/c1-14(2)13-29-19-6-20(22-16(7-23)9-25-28(22)12-19)15-3-4-21(24-8-15)27-10-17-5-18(11-27)26-17/h3-4,6,8-9,12,14,17-18,26H,5,10-11,13H2,1-2H3. The molecule has 0 aromatic carbocycles. The number of nitrogens with zero attached hydrogens (tertiary/aromatic N) is 5. The van der Waals surface area contributed by atoms with Crippen molar-refractivity contribution in [2.45, 2.75) is 32.4 Å². The van der Waals surface area contributed by atoms with E-state index in [0.717, 1.165) is 41.3 Å². The van der Waals surface area contributed by atoms with Crippen LogP contribution in [0.3, 0.4) is 0 Å². The molecule has 3 saturated heterocycles. The molecule has 6 rings (SSSR count). The largest absolute Gasteiger partial charge is 0.492 e. The zero-order chi connectivity index (χ0) is 20.0. The van der Waals surface area contributed by atoms with E-state index in [1.807, 2.05) is 18.5 Å². The number of piperazine rings is 1. The number of nitriles is 1. The summed E-state index contributed by atoms with van der Waals surface area (Å²) in [4.78, 5) is 7.07. The normalized spacial score (nSPS) is 20.6. The van der Waals surface area contributed by atoms with Crippen molar-refractivity contribution in [2.75, 3.05) is 24.6 Å². The maximum Gasteiger partial charge on any atom is 0.138 e. The highest BCUT2D eigenvalue weighted by Gasteiger charge is 2.36. The van der Waals surface area contributed by atoms with Crippen molar-refractivity contribution in [3.8, 4) is 22.9 Å². The number of hydrogen-bond acceptors (Lipinski definition) is 6. The summed E-state index contributed by atoms with van der Waals surface area (Å²) in [6.07, 6.45) is 6.59. The number of anilines is 1. The molecule has 0 saturated carbocycles. The summed E-state index contributed by atoms with van der Waals surface area (Å²) in [5.74, 6) is 2.16. The van der Waals surface area contributed by atoms with Gasteiger partial charge in [0, 0.05) is 42.5 Å². The molecule has 2 atom stereocenters. The Kier molecular flexibility index (Phi) is 4.36. The van der Waals surface area contributed by atoms with Crippen molar-refractivity contribution < 1.29 is 4.74 Å². The zero-order valence-corrected chi connectivity index (χ0v) is 16.7. The number of aromatic nitrogens is 3. The summed E-state index contributed by atoms with van der Waals surface area (Å²) in [7, 11) is 0. The van der Waals surface area contributed by atoms with Gasteiger partial charge in [0.1, 0.15) is 17.6 Å². The van der Waals surface area contributed by atoms with Crippen LogP contribution in [0.15, 0.2) is 36.8 Å². The fourth-order valence-corrected chi connectivity index (χ4v) is 4.17. The van der Waals surface area contributed by atoms with Crippen molar-refractivity contribution in [1.29, 1.82) is 5.26 Å². The van der Waals surface area contributed by atoms with Gasteiger partial charge in [-0.05, 0) is 30.5 Å². The number of hydrogen-bond donors (Lipinski definition) is 1. The summed E-state index contributed by atoms with van der Waals surface area (Å²) in [6, 6.07) is 9.56. The van der Waals surface area contributed by atoms with Crippen LogP contribution in [0, 0.1) is 17.2 Å². The van der Waals surface area contributed by atoms with Gasteiger partial charge in [0.25, 0.3) is 0 Å². The average Bonchev–Trinajstić information content (AvgIpc) is 3.14. The molecule has 3 fully saturated rings. The van der Waals surface area contributed by atoms with Crippen molar-refractivity contribution in [1.82, 2.24) is 19.9 Å². The summed E-state index contributed by atoms with van der Waals surface area (Å²) in [6.45, 7) is 6.87. The predicted octanol–water partition coefficient (Wildman–Crippen LogP) is 2.85.